The molecule has 4 rings (SSSR count). The summed E-state index contributed by atoms with van der Waals surface area (Å²) in [5, 5.41) is 3.88. The maximum Gasteiger partial charge on any atom is 0.573 e. The molecule has 2 heterocycles. The van der Waals surface area contributed by atoms with E-state index in [9.17, 15) is 18.0 Å². The molecule has 0 atom stereocenters. The van der Waals surface area contributed by atoms with E-state index in [1.54, 1.807) is 12.3 Å². The van der Waals surface area contributed by atoms with E-state index in [0.29, 0.717) is 23.4 Å². The minimum absolute atomic E-state index is 0.175. The van der Waals surface area contributed by atoms with E-state index in [2.05, 4.69) is 27.5 Å². The highest BCUT2D eigenvalue weighted by atomic mass is 32.1. The third-order valence-corrected chi connectivity index (χ3v) is 4.89. The highest BCUT2D eigenvalue weighted by Crippen LogP contribution is 2.26. The highest BCUT2D eigenvalue weighted by molar-refractivity contribution is 7.79. The average Bonchev–Trinajstić information content (AvgIpc) is 3.25. The van der Waals surface area contributed by atoms with Crippen LogP contribution in [-0.4, -0.2) is 21.1 Å². The van der Waals surface area contributed by atoms with Gasteiger partial charge < -0.3 is 13.8 Å². The number of hydrogen-bond donors (Lipinski definition) is 1. The second-order valence-electron chi connectivity index (χ2n) is 6.86. The quantitative estimate of drug-likeness (QED) is 0.414. The summed E-state index contributed by atoms with van der Waals surface area (Å²) < 4.78 is 47.6. The fraction of sp³-hybridized carbons (Fsp3) is 0.136. The van der Waals surface area contributed by atoms with Crippen LogP contribution in [0.4, 0.5) is 13.2 Å². The molecule has 0 bridgehead atoms. The first kappa shape index (κ1) is 21.7. The lowest BCUT2D eigenvalue weighted by Gasteiger charge is -2.08. The minimum Gasteiger partial charge on any atom is -0.406 e. The molecule has 0 amide bonds. The second-order valence-corrected chi connectivity index (χ2v) is 7.17. The van der Waals surface area contributed by atoms with Crippen LogP contribution in [0, 0.1) is 0 Å². The number of ether oxygens (including phenoxy) is 1. The van der Waals surface area contributed by atoms with Crippen LogP contribution in [0.3, 0.4) is 0 Å². The van der Waals surface area contributed by atoms with Gasteiger partial charge in [0, 0.05) is 23.6 Å². The zero-order chi connectivity index (χ0) is 22.7. The predicted molar refractivity (Wildman–Crippen MR) is 114 cm³/mol. The van der Waals surface area contributed by atoms with Gasteiger partial charge in [0.05, 0.1) is 12.1 Å². The highest BCUT2D eigenvalue weighted by Gasteiger charge is 2.31. The van der Waals surface area contributed by atoms with Gasteiger partial charge >= 0.3 is 6.36 Å². The van der Waals surface area contributed by atoms with Crippen LogP contribution >= 0.6 is 12.6 Å². The van der Waals surface area contributed by atoms with E-state index in [4.69, 9.17) is 4.52 Å². The Kier molecular flexibility index (Phi) is 6.04. The van der Waals surface area contributed by atoms with E-state index in [1.807, 2.05) is 24.3 Å². The molecule has 0 aliphatic heterocycles. The monoisotopic (exact) mass is 459 g/mol. The van der Waals surface area contributed by atoms with Crippen molar-refractivity contribution >= 4 is 12.6 Å². The van der Waals surface area contributed by atoms with E-state index in [0.717, 1.165) is 23.3 Å². The van der Waals surface area contributed by atoms with Crippen LogP contribution in [-0.2, 0) is 12.3 Å². The topological polar surface area (TPSA) is 70.2 Å². The Balaban J connectivity index is 1.56. The van der Waals surface area contributed by atoms with Gasteiger partial charge in [0.2, 0.25) is 5.82 Å². The molecule has 0 aliphatic carbocycles. The molecule has 2 aromatic carbocycles. The largest absolute Gasteiger partial charge is 0.573 e. The van der Waals surface area contributed by atoms with E-state index in [-0.39, 0.29) is 23.0 Å². The molecule has 6 nitrogen and oxygen atoms in total. The Hall–Kier alpha value is -3.53. The minimum atomic E-state index is -4.77. The number of rotatable bonds is 6. The van der Waals surface area contributed by atoms with Gasteiger partial charge in [-0.25, -0.2) is 0 Å². The molecular weight excluding hydrogens is 443 g/mol. The van der Waals surface area contributed by atoms with Crippen LogP contribution in [0.25, 0.3) is 22.8 Å². The lowest BCUT2D eigenvalue weighted by atomic mass is 10.1. The van der Waals surface area contributed by atoms with Crippen molar-refractivity contribution in [3.63, 3.8) is 0 Å². The standard InChI is InChI=1S/C22H16F3N3O3S/c23-22(24,25)30-18-7-4-16(5-8-18)20-26-21(31-27-20)17-6-9-19(29)28(12-17)11-14-2-1-3-15(10-14)13-32/h1-10,12,32H,11,13H2. The van der Waals surface area contributed by atoms with Gasteiger partial charge in [-0.15, -0.1) is 13.2 Å². The van der Waals surface area contributed by atoms with Gasteiger partial charge in [0.15, 0.2) is 0 Å². The van der Waals surface area contributed by atoms with Gasteiger partial charge in [0.1, 0.15) is 5.75 Å². The summed E-state index contributed by atoms with van der Waals surface area (Å²) in [5.74, 6) is 0.613. The third kappa shape index (κ3) is 5.20. The van der Waals surface area contributed by atoms with Crippen LogP contribution in [0.1, 0.15) is 11.1 Å². The van der Waals surface area contributed by atoms with Crippen molar-refractivity contribution < 1.29 is 22.4 Å². The predicted octanol–water partition coefficient (Wildman–Crippen LogP) is 4.94. The average molecular weight is 459 g/mol. The number of thiol groups is 1. The smallest absolute Gasteiger partial charge is 0.406 e. The molecule has 0 radical (unpaired) electrons. The van der Waals surface area contributed by atoms with Crippen LogP contribution in [0.5, 0.6) is 5.75 Å². The van der Waals surface area contributed by atoms with Crippen molar-refractivity contribution in [2.75, 3.05) is 0 Å². The van der Waals surface area contributed by atoms with Gasteiger partial charge in [-0.2, -0.15) is 17.6 Å². The first-order valence-corrected chi connectivity index (χ1v) is 10.0. The lowest BCUT2D eigenvalue weighted by molar-refractivity contribution is -0.274. The molecule has 0 saturated heterocycles. The first-order chi connectivity index (χ1) is 15.3. The van der Waals surface area contributed by atoms with Crippen molar-refractivity contribution in [1.29, 1.82) is 0 Å². The summed E-state index contributed by atoms with van der Waals surface area (Å²) in [6.07, 6.45) is -3.15. The molecular formula is C22H16F3N3O3S. The third-order valence-electron chi connectivity index (χ3n) is 4.53. The maximum atomic E-state index is 12.3. The molecule has 4 aromatic rings. The molecule has 0 aliphatic rings. The summed E-state index contributed by atoms with van der Waals surface area (Å²) >= 11 is 4.27. The summed E-state index contributed by atoms with van der Waals surface area (Å²) in [7, 11) is 0. The Labute approximate surface area is 185 Å². The summed E-state index contributed by atoms with van der Waals surface area (Å²) in [5.41, 5.74) is 2.79. The number of nitrogens with zero attached hydrogens (tertiary/aromatic N) is 3. The molecule has 0 saturated carbocycles. The lowest BCUT2D eigenvalue weighted by Crippen LogP contribution is -2.19. The Morgan fingerprint density at radius 2 is 1.72 bits per heavy atom. The van der Waals surface area contributed by atoms with Crippen molar-refractivity contribution in [2.45, 2.75) is 18.7 Å². The molecule has 10 heteroatoms. The Morgan fingerprint density at radius 1 is 1.00 bits per heavy atom. The molecule has 0 N–H and O–H groups in total. The zero-order valence-corrected chi connectivity index (χ0v) is 17.3. The molecule has 0 fully saturated rings. The van der Waals surface area contributed by atoms with Crippen LogP contribution in [0.2, 0.25) is 0 Å². The van der Waals surface area contributed by atoms with E-state index < -0.39 is 6.36 Å². The first-order valence-electron chi connectivity index (χ1n) is 9.40. The fourth-order valence-electron chi connectivity index (χ4n) is 3.07. The number of hydrogen-bond acceptors (Lipinski definition) is 6. The normalized spacial score (nSPS) is 11.5. The van der Waals surface area contributed by atoms with Crippen molar-refractivity contribution in [3.05, 3.63) is 88.3 Å². The van der Waals surface area contributed by atoms with Gasteiger partial charge in [-0.05, 0) is 41.5 Å². The fourth-order valence-corrected chi connectivity index (χ4v) is 3.26. The van der Waals surface area contributed by atoms with Crippen molar-refractivity contribution in [1.82, 2.24) is 14.7 Å². The van der Waals surface area contributed by atoms with Gasteiger partial charge in [0.25, 0.3) is 11.4 Å². The SMILES string of the molecule is O=c1ccc(-c2nc(-c3ccc(OC(F)(F)F)cc3)no2)cn1Cc1cccc(CS)c1. The Morgan fingerprint density at radius 3 is 2.44 bits per heavy atom. The molecule has 0 unspecified atom stereocenters. The maximum absolute atomic E-state index is 12.3. The number of halogens is 3. The second kappa shape index (κ2) is 8.91. The van der Waals surface area contributed by atoms with E-state index >= 15 is 0 Å². The molecule has 32 heavy (non-hydrogen) atoms. The van der Waals surface area contributed by atoms with Crippen molar-refractivity contribution in [2.24, 2.45) is 0 Å². The number of pyridine rings is 1. The molecule has 2 aromatic heterocycles. The Bertz CT molecular complexity index is 1280. The van der Waals surface area contributed by atoms with Gasteiger partial charge in [-0.1, -0.05) is 29.4 Å². The van der Waals surface area contributed by atoms with Gasteiger partial charge in [-0.3, -0.25) is 4.79 Å². The summed E-state index contributed by atoms with van der Waals surface area (Å²) in [6, 6.07) is 15.9. The van der Waals surface area contributed by atoms with Crippen LogP contribution < -0.4 is 10.3 Å². The summed E-state index contributed by atoms with van der Waals surface area (Å²) in [6.45, 7) is 0.357. The molecule has 0 spiro atoms. The van der Waals surface area contributed by atoms with Crippen molar-refractivity contribution in [3.8, 4) is 28.6 Å². The zero-order valence-electron chi connectivity index (χ0n) is 16.4. The number of benzene rings is 2. The summed E-state index contributed by atoms with van der Waals surface area (Å²) in [4.78, 5) is 16.6. The number of alkyl halides is 3. The molecule has 164 valence electrons. The van der Waals surface area contributed by atoms with Crippen LogP contribution in [0.15, 0.2) is 76.2 Å². The van der Waals surface area contributed by atoms with E-state index in [1.165, 1.54) is 22.8 Å². The number of aromatic nitrogens is 3.